The Morgan fingerprint density at radius 3 is 2.21 bits per heavy atom. The van der Waals surface area contributed by atoms with Gasteiger partial charge in [0.05, 0.1) is 12.2 Å². The van der Waals surface area contributed by atoms with E-state index in [2.05, 4.69) is 10.6 Å². The maximum absolute atomic E-state index is 12.4. The number of ether oxygens (including phenoxy) is 2. The molecule has 5 heteroatoms. The Morgan fingerprint density at radius 2 is 1.45 bits per heavy atom. The van der Waals surface area contributed by atoms with Crippen molar-refractivity contribution in [2.24, 2.45) is 0 Å². The first-order valence-electron chi connectivity index (χ1n) is 9.63. The number of hydrogen-bond donors (Lipinski definition) is 2. The van der Waals surface area contributed by atoms with Crippen LogP contribution in [0.5, 0.6) is 11.5 Å². The van der Waals surface area contributed by atoms with Gasteiger partial charge in [0.2, 0.25) is 5.91 Å². The lowest BCUT2D eigenvalue weighted by Crippen LogP contribution is -2.23. The summed E-state index contributed by atoms with van der Waals surface area (Å²) in [5, 5.41) is 6.13. The molecule has 0 bridgehead atoms. The first-order valence-corrected chi connectivity index (χ1v) is 9.63. The van der Waals surface area contributed by atoms with E-state index in [-0.39, 0.29) is 12.5 Å². The van der Waals surface area contributed by atoms with Gasteiger partial charge in [-0.15, -0.1) is 0 Å². The van der Waals surface area contributed by atoms with E-state index in [4.69, 9.17) is 9.47 Å². The predicted molar refractivity (Wildman–Crippen MR) is 117 cm³/mol. The van der Waals surface area contributed by atoms with Crippen molar-refractivity contribution < 1.29 is 14.3 Å². The van der Waals surface area contributed by atoms with Gasteiger partial charge in [-0.25, -0.2) is 0 Å². The summed E-state index contributed by atoms with van der Waals surface area (Å²) in [5.74, 6) is 1.39. The number of carbonyl (C=O) groups is 1. The van der Waals surface area contributed by atoms with Crippen LogP contribution in [0, 0.1) is 13.8 Å². The molecule has 0 saturated carbocycles. The van der Waals surface area contributed by atoms with Crippen molar-refractivity contribution in [3.63, 3.8) is 0 Å². The van der Waals surface area contributed by atoms with Gasteiger partial charge in [-0.3, -0.25) is 4.79 Å². The molecule has 3 rings (SSSR count). The molecule has 0 aromatic heterocycles. The van der Waals surface area contributed by atoms with Gasteiger partial charge < -0.3 is 20.1 Å². The van der Waals surface area contributed by atoms with E-state index in [1.54, 1.807) is 0 Å². The summed E-state index contributed by atoms with van der Waals surface area (Å²) in [6, 6.07) is 23.1. The molecule has 3 aromatic rings. The van der Waals surface area contributed by atoms with Crippen molar-refractivity contribution in [1.29, 1.82) is 0 Å². The van der Waals surface area contributed by atoms with E-state index in [0.717, 1.165) is 28.3 Å². The standard InChI is InChI=1S/C24H26N2O3/c1-18-9-8-10-19(2)24(18)26-23(27)17-25-21-13-6-7-14-22(21)29-16-15-28-20-11-4-3-5-12-20/h3-14,25H,15-17H2,1-2H3,(H,26,27). The third-order valence-electron chi connectivity index (χ3n) is 4.42. The van der Waals surface area contributed by atoms with Crippen molar-refractivity contribution in [3.05, 3.63) is 83.9 Å². The molecule has 29 heavy (non-hydrogen) atoms. The minimum absolute atomic E-state index is 0.107. The normalized spacial score (nSPS) is 10.3. The highest BCUT2D eigenvalue weighted by Gasteiger charge is 2.09. The molecule has 3 aromatic carbocycles. The van der Waals surface area contributed by atoms with Crippen LogP contribution in [-0.2, 0) is 4.79 Å². The minimum Gasteiger partial charge on any atom is -0.490 e. The Morgan fingerprint density at radius 1 is 0.793 bits per heavy atom. The summed E-state index contributed by atoms with van der Waals surface area (Å²) in [4.78, 5) is 12.4. The fraction of sp³-hybridized carbons (Fsp3) is 0.208. The average Bonchev–Trinajstić information content (AvgIpc) is 2.74. The first kappa shape index (κ1) is 20.3. The zero-order chi connectivity index (χ0) is 20.5. The largest absolute Gasteiger partial charge is 0.490 e. The van der Waals surface area contributed by atoms with Crippen LogP contribution in [0.4, 0.5) is 11.4 Å². The van der Waals surface area contributed by atoms with Crippen molar-refractivity contribution >= 4 is 17.3 Å². The number of rotatable bonds is 9. The summed E-state index contributed by atoms with van der Waals surface area (Å²) in [6.45, 7) is 4.95. The third-order valence-corrected chi connectivity index (χ3v) is 4.42. The smallest absolute Gasteiger partial charge is 0.243 e. The van der Waals surface area contributed by atoms with E-state index in [0.29, 0.717) is 19.0 Å². The Balaban J connectivity index is 1.50. The van der Waals surface area contributed by atoms with Gasteiger partial charge >= 0.3 is 0 Å². The highest BCUT2D eigenvalue weighted by atomic mass is 16.5. The molecule has 1 amide bonds. The number of para-hydroxylation sites is 4. The number of nitrogens with one attached hydrogen (secondary N) is 2. The van der Waals surface area contributed by atoms with Crippen LogP contribution in [0.1, 0.15) is 11.1 Å². The van der Waals surface area contributed by atoms with E-state index < -0.39 is 0 Å². The fourth-order valence-electron chi connectivity index (χ4n) is 2.94. The van der Waals surface area contributed by atoms with E-state index in [9.17, 15) is 4.79 Å². The van der Waals surface area contributed by atoms with Crippen LogP contribution in [-0.4, -0.2) is 25.7 Å². The molecule has 0 atom stereocenters. The number of amides is 1. The van der Waals surface area contributed by atoms with E-state index in [1.807, 2.05) is 86.6 Å². The Hall–Kier alpha value is -3.47. The number of hydrogen-bond acceptors (Lipinski definition) is 4. The molecule has 0 aliphatic heterocycles. The van der Waals surface area contributed by atoms with Crippen LogP contribution in [0.25, 0.3) is 0 Å². The molecule has 0 saturated heterocycles. The Bertz CT molecular complexity index is 922. The van der Waals surface area contributed by atoms with Gasteiger partial charge in [0.1, 0.15) is 24.7 Å². The molecule has 0 aliphatic rings. The average molecular weight is 390 g/mol. The topological polar surface area (TPSA) is 59.6 Å². The molecular formula is C24H26N2O3. The highest BCUT2D eigenvalue weighted by molar-refractivity contribution is 5.95. The molecule has 5 nitrogen and oxygen atoms in total. The molecule has 0 fully saturated rings. The second-order valence-electron chi connectivity index (χ2n) is 6.67. The number of carbonyl (C=O) groups excluding carboxylic acids is 1. The summed E-state index contributed by atoms with van der Waals surface area (Å²) < 4.78 is 11.5. The number of benzene rings is 3. The first-order chi connectivity index (χ1) is 14.1. The summed E-state index contributed by atoms with van der Waals surface area (Å²) in [6.07, 6.45) is 0. The quantitative estimate of drug-likeness (QED) is 0.515. The number of aryl methyl sites for hydroxylation is 2. The van der Waals surface area contributed by atoms with Crippen LogP contribution in [0.3, 0.4) is 0 Å². The zero-order valence-corrected chi connectivity index (χ0v) is 16.8. The lowest BCUT2D eigenvalue weighted by atomic mass is 10.1. The van der Waals surface area contributed by atoms with Crippen LogP contribution < -0.4 is 20.1 Å². The van der Waals surface area contributed by atoms with Crippen molar-refractivity contribution in [3.8, 4) is 11.5 Å². The van der Waals surface area contributed by atoms with E-state index >= 15 is 0 Å². The molecule has 0 heterocycles. The van der Waals surface area contributed by atoms with Crippen LogP contribution in [0.15, 0.2) is 72.8 Å². The van der Waals surface area contributed by atoms with Gasteiger partial charge in [-0.1, -0.05) is 48.5 Å². The van der Waals surface area contributed by atoms with Gasteiger partial charge in [0.15, 0.2) is 0 Å². The van der Waals surface area contributed by atoms with Crippen molar-refractivity contribution in [2.75, 3.05) is 30.4 Å². The summed E-state index contributed by atoms with van der Waals surface area (Å²) in [5.41, 5.74) is 3.71. The van der Waals surface area contributed by atoms with Gasteiger partial charge in [-0.2, -0.15) is 0 Å². The number of anilines is 2. The lowest BCUT2D eigenvalue weighted by Gasteiger charge is -2.15. The molecule has 2 N–H and O–H groups in total. The van der Waals surface area contributed by atoms with Crippen LogP contribution in [0.2, 0.25) is 0 Å². The molecule has 0 radical (unpaired) electrons. The Kier molecular flexibility index (Phi) is 7.11. The van der Waals surface area contributed by atoms with Crippen LogP contribution >= 0.6 is 0 Å². The van der Waals surface area contributed by atoms with Gasteiger partial charge in [-0.05, 0) is 49.2 Å². The van der Waals surface area contributed by atoms with E-state index in [1.165, 1.54) is 0 Å². The predicted octanol–water partition coefficient (Wildman–Crippen LogP) is 4.81. The molecule has 150 valence electrons. The van der Waals surface area contributed by atoms with Gasteiger partial charge in [0, 0.05) is 5.69 Å². The second-order valence-corrected chi connectivity index (χ2v) is 6.67. The highest BCUT2D eigenvalue weighted by Crippen LogP contribution is 2.24. The molecule has 0 unspecified atom stereocenters. The maximum atomic E-state index is 12.4. The fourth-order valence-corrected chi connectivity index (χ4v) is 2.94. The lowest BCUT2D eigenvalue weighted by molar-refractivity contribution is -0.114. The zero-order valence-electron chi connectivity index (χ0n) is 16.8. The summed E-state index contributed by atoms with van der Waals surface area (Å²) >= 11 is 0. The van der Waals surface area contributed by atoms with Gasteiger partial charge in [0.25, 0.3) is 0 Å². The molecular weight excluding hydrogens is 364 g/mol. The molecule has 0 aliphatic carbocycles. The third kappa shape index (κ3) is 6.01. The Labute approximate surface area is 171 Å². The van der Waals surface area contributed by atoms with Crippen molar-refractivity contribution in [2.45, 2.75) is 13.8 Å². The molecule has 0 spiro atoms. The monoisotopic (exact) mass is 390 g/mol. The maximum Gasteiger partial charge on any atom is 0.243 e. The second kappa shape index (κ2) is 10.2. The SMILES string of the molecule is Cc1cccc(C)c1NC(=O)CNc1ccccc1OCCOc1ccccc1. The van der Waals surface area contributed by atoms with Crippen molar-refractivity contribution in [1.82, 2.24) is 0 Å². The summed E-state index contributed by atoms with van der Waals surface area (Å²) in [7, 11) is 0. The minimum atomic E-state index is -0.107.